The molecule has 0 aliphatic heterocycles. The Balaban J connectivity index is 2.33. The summed E-state index contributed by atoms with van der Waals surface area (Å²) >= 11 is 0. The Kier molecular flexibility index (Phi) is 6.52. The van der Waals surface area contributed by atoms with Crippen LogP contribution in [-0.4, -0.2) is 30.0 Å². The lowest BCUT2D eigenvalue weighted by Crippen LogP contribution is -2.20. The summed E-state index contributed by atoms with van der Waals surface area (Å²) in [4.78, 5) is 0. The highest BCUT2D eigenvalue weighted by atomic mass is 16.5. The zero-order chi connectivity index (χ0) is 14.3. The average molecular weight is 267 g/mol. The maximum atomic E-state index is 5.04. The van der Waals surface area contributed by atoms with E-state index in [1.165, 1.54) is 24.1 Å². The molecule has 19 heavy (non-hydrogen) atoms. The fourth-order valence-corrected chi connectivity index (χ4v) is 2.19. The molecule has 0 spiro atoms. The van der Waals surface area contributed by atoms with E-state index in [-0.39, 0.29) is 5.41 Å². The van der Waals surface area contributed by atoms with Crippen molar-refractivity contribution >= 4 is 0 Å². The summed E-state index contributed by atoms with van der Waals surface area (Å²) in [6, 6.07) is 0. The highest BCUT2D eigenvalue weighted by Gasteiger charge is 2.21. The normalized spacial score (nSPS) is 12.1. The van der Waals surface area contributed by atoms with Crippen LogP contribution in [0.1, 0.15) is 51.3 Å². The van der Waals surface area contributed by atoms with Gasteiger partial charge < -0.3 is 10.1 Å². The first-order valence-electron chi connectivity index (χ1n) is 7.18. The Morgan fingerprint density at radius 3 is 2.63 bits per heavy atom. The summed E-state index contributed by atoms with van der Waals surface area (Å²) < 4.78 is 6.96. The van der Waals surface area contributed by atoms with Crippen molar-refractivity contribution in [3.05, 3.63) is 17.5 Å². The van der Waals surface area contributed by atoms with Gasteiger partial charge in [0.1, 0.15) is 0 Å². The van der Waals surface area contributed by atoms with Crippen molar-refractivity contribution in [3.8, 4) is 0 Å². The van der Waals surface area contributed by atoms with Crippen LogP contribution in [0.25, 0.3) is 0 Å². The summed E-state index contributed by atoms with van der Waals surface area (Å²) in [5, 5.41) is 8.09. The summed E-state index contributed by atoms with van der Waals surface area (Å²) in [6.45, 7) is 9.47. The van der Waals surface area contributed by atoms with Crippen molar-refractivity contribution in [2.45, 2.75) is 52.0 Å². The smallest absolute Gasteiger partial charge is 0.0722 e. The minimum Gasteiger partial charge on any atom is -0.385 e. The molecule has 4 nitrogen and oxygen atoms in total. The van der Waals surface area contributed by atoms with Crippen molar-refractivity contribution in [2.24, 2.45) is 7.05 Å². The molecule has 110 valence electrons. The minimum absolute atomic E-state index is 0.108. The summed E-state index contributed by atoms with van der Waals surface area (Å²) in [7, 11) is 3.75. The number of hydrogen-bond donors (Lipinski definition) is 1. The molecule has 0 fully saturated rings. The molecule has 0 unspecified atom stereocenters. The number of unbranched alkanes of at least 4 members (excludes halogenated alkanes) is 2. The number of hydrogen-bond acceptors (Lipinski definition) is 3. The first-order chi connectivity index (χ1) is 8.95. The topological polar surface area (TPSA) is 39.1 Å². The van der Waals surface area contributed by atoms with E-state index in [2.05, 4.69) is 37.4 Å². The van der Waals surface area contributed by atoms with Crippen molar-refractivity contribution in [2.75, 3.05) is 20.3 Å². The summed E-state index contributed by atoms with van der Waals surface area (Å²) in [5.41, 5.74) is 2.62. The molecule has 0 atom stereocenters. The van der Waals surface area contributed by atoms with Gasteiger partial charge in [0.2, 0.25) is 0 Å². The zero-order valence-electron chi connectivity index (χ0n) is 13.1. The van der Waals surface area contributed by atoms with Crippen LogP contribution in [0.2, 0.25) is 0 Å². The fraction of sp³-hybridized carbons (Fsp3) is 0.800. The van der Waals surface area contributed by atoms with Gasteiger partial charge in [-0.2, -0.15) is 5.10 Å². The second kappa shape index (κ2) is 7.65. The van der Waals surface area contributed by atoms with Gasteiger partial charge in [0.15, 0.2) is 0 Å². The SMILES string of the molecule is COCCCCCNCc1cn(C)nc1C(C)(C)C. The number of methoxy groups -OCH3 is 1. The predicted molar refractivity (Wildman–Crippen MR) is 79.3 cm³/mol. The van der Waals surface area contributed by atoms with Gasteiger partial charge in [-0.25, -0.2) is 0 Å². The Morgan fingerprint density at radius 1 is 1.26 bits per heavy atom. The van der Waals surface area contributed by atoms with Gasteiger partial charge in [0.05, 0.1) is 5.69 Å². The molecular formula is C15H29N3O. The van der Waals surface area contributed by atoms with Gasteiger partial charge in [0.25, 0.3) is 0 Å². The first kappa shape index (κ1) is 16.2. The first-order valence-corrected chi connectivity index (χ1v) is 7.18. The van der Waals surface area contributed by atoms with Crippen LogP contribution in [0.4, 0.5) is 0 Å². The lowest BCUT2D eigenvalue weighted by Gasteiger charge is -2.17. The molecule has 1 aromatic rings. The average Bonchev–Trinajstić information content (AvgIpc) is 2.69. The van der Waals surface area contributed by atoms with Crippen molar-refractivity contribution in [3.63, 3.8) is 0 Å². The number of nitrogens with one attached hydrogen (secondary N) is 1. The van der Waals surface area contributed by atoms with Crippen LogP contribution < -0.4 is 5.32 Å². The molecule has 0 saturated heterocycles. The molecule has 0 radical (unpaired) electrons. The lowest BCUT2D eigenvalue weighted by atomic mass is 9.89. The number of aryl methyl sites for hydroxylation is 1. The molecule has 1 rings (SSSR count). The number of rotatable bonds is 8. The maximum Gasteiger partial charge on any atom is 0.0722 e. The lowest BCUT2D eigenvalue weighted by molar-refractivity contribution is 0.192. The molecular weight excluding hydrogens is 238 g/mol. The van der Waals surface area contributed by atoms with Gasteiger partial charge in [-0.1, -0.05) is 20.8 Å². The number of ether oxygens (including phenoxy) is 1. The van der Waals surface area contributed by atoms with Gasteiger partial charge in [-0.3, -0.25) is 4.68 Å². The van der Waals surface area contributed by atoms with Gasteiger partial charge in [0, 0.05) is 44.5 Å². The third kappa shape index (κ3) is 5.74. The molecule has 0 saturated carbocycles. The molecule has 0 aliphatic rings. The van der Waals surface area contributed by atoms with E-state index in [1.807, 2.05) is 11.7 Å². The maximum absolute atomic E-state index is 5.04. The fourth-order valence-electron chi connectivity index (χ4n) is 2.19. The molecule has 1 N–H and O–H groups in total. The second-order valence-electron chi connectivity index (χ2n) is 6.16. The highest BCUT2D eigenvalue weighted by molar-refractivity contribution is 5.23. The Bertz CT molecular complexity index is 366. The van der Waals surface area contributed by atoms with E-state index in [0.29, 0.717) is 0 Å². The third-order valence-corrected chi connectivity index (χ3v) is 3.13. The standard InChI is InChI=1S/C15H29N3O/c1-15(2,3)14-13(12-18(4)17-14)11-16-9-7-6-8-10-19-5/h12,16H,6-11H2,1-5H3. The van der Waals surface area contributed by atoms with Crippen molar-refractivity contribution < 1.29 is 4.74 Å². The largest absolute Gasteiger partial charge is 0.385 e. The molecule has 1 aromatic heterocycles. The second-order valence-corrected chi connectivity index (χ2v) is 6.16. The van der Waals surface area contributed by atoms with E-state index >= 15 is 0 Å². The molecule has 4 heteroatoms. The van der Waals surface area contributed by atoms with E-state index in [9.17, 15) is 0 Å². The van der Waals surface area contributed by atoms with Crippen LogP contribution in [-0.2, 0) is 23.7 Å². The third-order valence-electron chi connectivity index (χ3n) is 3.13. The van der Waals surface area contributed by atoms with Crippen LogP contribution in [0.3, 0.4) is 0 Å². The zero-order valence-corrected chi connectivity index (χ0v) is 13.1. The van der Waals surface area contributed by atoms with Crippen molar-refractivity contribution in [1.29, 1.82) is 0 Å². The van der Waals surface area contributed by atoms with Crippen molar-refractivity contribution in [1.82, 2.24) is 15.1 Å². The molecule has 0 aromatic carbocycles. The van der Waals surface area contributed by atoms with E-state index < -0.39 is 0 Å². The van der Waals surface area contributed by atoms with Gasteiger partial charge in [-0.15, -0.1) is 0 Å². The number of aromatic nitrogens is 2. The van der Waals surface area contributed by atoms with E-state index in [0.717, 1.165) is 26.1 Å². The van der Waals surface area contributed by atoms with E-state index in [4.69, 9.17) is 4.74 Å². The van der Waals surface area contributed by atoms with Crippen LogP contribution >= 0.6 is 0 Å². The quantitative estimate of drug-likeness (QED) is 0.736. The molecule has 1 heterocycles. The van der Waals surface area contributed by atoms with E-state index in [1.54, 1.807) is 7.11 Å². The van der Waals surface area contributed by atoms with Crippen LogP contribution in [0, 0.1) is 0 Å². The Hall–Kier alpha value is -0.870. The Labute approximate surface area is 117 Å². The summed E-state index contributed by atoms with van der Waals surface area (Å²) in [6.07, 6.45) is 5.70. The van der Waals surface area contributed by atoms with Gasteiger partial charge >= 0.3 is 0 Å². The highest BCUT2D eigenvalue weighted by Crippen LogP contribution is 2.23. The minimum atomic E-state index is 0.108. The van der Waals surface area contributed by atoms with Gasteiger partial charge in [-0.05, 0) is 25.8 Å². The predicted octanol–water partition coefficient (Wildman–Crippen LogP) is 2.62. The molecule has 0 bridgehead atoms. The summed E-state index contributed by atoms with van der Waals surface area (Å²) in [5.74, 6) is 0. The number of nitrogens with zero attached hydrogens (tertiary/aromatic N) is 2. The monoisotopic (exact) mass is 267 g/mol. The molecule has 0 aliphatic carbocycles. The van der Waals surface area contributed by atoms with Crippen LogP contribution in [0.15, 0.2) is 6.20 Å². The Morgan fingerprint density at radius 2 is 2.00 bits per heavy atom. The molecule has 0 amide bonds. The van der Waals surface area contributed by atoms with Crippen LogP contribution in [0.5, 0.6) is 0 Å².